The average molecular weight is 78.1 g/mol. The Hall–Kier alpha value is -0.310. The molecule has 0 saturated heterocycles. The maximum Gasteiger partial charge on any atom is 0.160 e. The molecule has 4 heavy (non-hydrogen) atoms. The lowest BCUT2D eigenvalue weighted by Crippen LogP contribution is -2.18. The van der Waals surface area contributed by atoms with Crippen molar-refractivity contribution in [2.24, 2.45) is 11.5 Å². The third kappa shape index (κ3) is 8.37. The zero-order valence-electron chi connectivity index (χ0n) is 3.93. The van der Waals surface area contributed by atoms with Crippen molar-refractivity contribution in [3.05, 3.63) is 0 Å². The van der Waals surface area contributed by atoms with E-state index in [1.807, 2.05) is 0 Å². The molecule has 0 radical (unpaired) electrons. The predicted molar refractivity (Wildman–Crippen MR) is 21.0 cm³/mol. The highest BCUT2D eigenvalue weighted by Crippen LogP contribution is 1.32. The van der Waals surface area contributed by atoms with Crippen LogP contribution < -0.4 is 11.5 Å². The van der Waals surface area contributed by atoms with E-state index in [2.05, 4.69) is 12.2 Å². The number of thiocarbonyl (C=S) groups is 1. The molecule has 0 aliphatic carbocycles. The van der Waals surface area contributed by atoms with Crippen molar-refractivity contribution in [2.45, 2.75) is 0 Å². The van der Waals surface area contributed by atoms with Crippen LogP contribution in [0.4, 0.5) is 0 Å². The monoisotopic (exact) mass is 78.0 g/mol. The normalized spacial score (nSPS) is 12.0. The van der Waals surface area contributed by atoms with E-state index in [0.717, 1.165) is 0 Å². The molecule has 0 rings (SSSR count). The standard InChI is InChI=1S/CH4N2S/c2-1(3)4/h(H4,2,3,4)/i/hD2. The topological polar surface area (TPSA) is 52.0 Å². The lowest BCUT2D eigenvalue weighted by atomic mass is 11.3. The Labute approximate surface area is 32.7 Å². The second-order valence-electron chi connectivity index (χ2n) is 0.338. The van der Waals surface area contributed by atoms with E-state index in [1.54, 1.807) is 0 Å². The predicted octanol–water partition coefficient (Wildman–Crippen LogP) is -0.811. The first kappa shape index (κ1) is 1.21. The molecule has 3 heteroatoms. The van der Waals surface area contributed by atoms with Gasteiger partial charge in [-0.25, -0.2) is 0 Å². The third-order valence-electron chi connectivity index (χ3n) is 0. The van der Waals surface area contributed by atoms with Crippen molar-refractivity contribution in [2.75, 3.05) is 0 Å². The minimum atomic E-state index is -0.241. The second kappa shape index (κ2) is 1.06. The van der Waals surface area contributed by atoms with Gasteiger partial charge in [-0.05, 0) is 12.2 Å². The molecule has 0 atom stereocenters. The molecule has 0 unspecified atom stereocenters. The van der Waals surface area contributed by atoms with Gasteiger partial charge < -0.3 is 11.5 Å². The van der Waals surface area contributed by atoms with Crippen LogP contribution in [0.3, 0.4) is 0 Å². The molecule has 0 aliphatic heterocycles. The van der Waals surface area contributed by atoms with Crippen LogP contribution in [0.1, 0.15) is 0 Å². The van der Waals surface area contributed by atoms with Gasteiger partial charge in [0.2, 0.25) is 0 Å². The fourth-order valence-electron chi connectivity index (χ4n) is 0. The van der Waals surface area contributed by atoms with Gasteiger partial charge in [-0.2, -0.15) is 0 Å². The first-order valence-electron chi connectivity index (χ1n) is 1.61. The van der Waals surface area contributed by atoms with Crippen LogP contribution in [0.5, 0.6) is 0 Å². The van der Waals surface area contributed by atoms with Gasteiger partial charge in [-0.15, -0.1) is 0 Å². The van der Waals surface area contributed by atoms with E-state index in [9.17, 15) is 0 Å². The SMILES string of the molecule is [2H]N([2H])C(N)=S. The third-order valence-corrected chi connectivity index (χ3v) is 0. The van der Waals surface area contributed by atoms with Gasteiger partial charge in [0.25, 0.3) is 0 Å². The van der Waals surface area contributed by atoms with Crippen LogP contribution >= 0.6 is 12.2 Å². The molecule has 0 aliphatic rings. The second-order valence-corrected chi connectivity index (χ2v) is 0.757. The van der Waals surface area contributed by atoms with E-state index in [-0.39, 0.29) is 10.8 Å². The van der Waals surface area contributed by atoms with E-state index >= 15 is 0 Å². The van der Waals surface area contributed by atoms with Crippen molar-refractivity contribution in [1.29, 1.82) is 0 Å². The van der Waals surface area contributed by atoms with Crippen LogP contribution in [0.2, 0.25) is 2.82 Å². The summed E-state index contributed by atoms with van der Waals surface area (Å²) in [4.78, 5) is 0. The fourth-order valence-corrected chi connectivity index (χ4v) is 0. The van der Waals surface area contributed by atoms with E-state index in [0.29, 0.717) is 0 Å². The quantitative estimate of drug-likeness (QED) is 0.372. The van der Waals surface area contributed by atoms with Gasteiger partial charge in [0.1, 0.15) is 0 Å². The van der Waals surface area contributed by atoms with Crippen molar-refractivity contribution >= 4 is 17.3 Å². The molecule has 0 heterocycles. The van der Waals surface area contributed by atoms with Gasteiger partial charge in [-0.1, -0.05) is 0 Å². The summed E-state index contributed by atoms with van der Waals surface area (Å²) < 4.78 is 12.5. The Balaban J connectivity index is 3.26. The molecule has 0 amide bonds. The minimum Gasteiger partial charge on any atom is -0.377 e. The first-order chi connectivity index (χ1) is 2.64. The molecule has 4 N–H and O–H groups in total. The minimum absolute atomic E-state index is 0.176. The Morgan fingerprint density at radius 2 is 2.50 bits per heavy atom. The Morgan fingerprint density at radius 1 is 2.25 bits per heavy atom. The van der Waals surface area contributed by atoms with Crippen LogP contribution in [0.25, 0.3) is 0 Å². The molecule has 0 bridgehead atoms. The Morgan fingerprint density at radius 3 is 2.50 bits per heavy atom. The smallest absolute Gasteiger partial charge is 0.160 e. The zero-order valence-corrected chi connectivity index (χ0v) is 2.75. The molecule has 2 nitrogen and oxygen atoms in total. The summed E-state index contributed by atoms with van der Waals surface area (Å²) >= 11 is 4.15. The number of rotatable bonds is 0. The van der Waals surface area contributed by atoms with Gasteiger partial charge in [0.05, 0.1) is 0 Å². The Bertz CT molecular complexity index is 62.6. The van der Waals surface area contributed by atoms with Gasteiger partial charge >= 0.3 is 0 Å². The molecule has 0 aromatic rings. The number of hydrogen-bond acceptors (Lipinski definition) is 1. The number of hydrogen-bond donors (Lipinski definition) is 2. The first-order valence-corrected chi connectivity index (χ1v) is 1.12. The van der Waals surface area contributed by atoms with Crippen LogP contribution in [0.15, 0.2) is 0 Å². The highest BCUT2D eigenvalue weighted by atomic mass is 32.1. The Kier molecular flexibility index (Phi) is 0.322. The summed E-state index contributed by atoms with van der Waals surface area (Å²) in [6.45, 7) is 0. The summed E-state index contributed by atoms with van der Waals surface area (Å²) in [6, 6.07) is 0. The van der Waals surface area contributed by atoms with E-state index < -0.39 is 0 Å². The highest BCUT2D eigenvalue weighted by molar-refractivity contribution is 7.80. The molecule has 0 aromatic heterocycles. The van der Waals surface area contributed by atoms with E-state index in [1.165, 1.54) is 0 Å². The van der Waals surface area contributed by atoms with Crippen molar-refractivity contribution < 1.29 is 2.82 Å². The van der Waals surface area contributed by atoms with E-state index in [4.69, 9.17) is 8.56 Å². The van der Waals surface area contributed by atoms with Crippen molar-refractivity contribution in [3.8, 4) is 0 Å². The summed E-state index contributed by atoms with van der Waals surface area (Å²) in [5.41, 5.74) is 4.89. The maximum absolute atomic E-state index is 6.27. The van der Waals surface area contributed by atoms with Gasteiger partial charge in [0, 0.05) is 0 Å². The molecular formula is CH4N2S. The molecule has 0 fully saturated rings. The zero-order chi connectivity index (χ0) is 5.15. The average Bonchev–Trinajstić information content (AvgIpc) is 1.36. The van der Waals surface area contributed by atoms with Crippen LogP contribution in [0, 0.1) is 0 Å². The summed E-state index contributed by atoms with van der Waals surface area (Å²) in [5, 5.41) is -0.241. The largest absolute Gasteiger partial charge is 0.377 e. The molecule has 0 saturated carbocycles. The highest BCUT2D eigenvalue weighted by Gasteiger charge is 1.53. The lowest BCUT2D eigenvalue weighted by Gasteiger charge is -1.68. The summed E-state index contributed by atoms with van der Waals surface area (Å²) in [5.74, 6) is 0. The van der Waals surface area contributed by atoms with Crippen molar-refractivity contribution in [1.82, 2.24) is 0 Å². The molecule has 0 aromatic carbocycles. The number of nitrogens with two attached hydrogens (primary N) is 2. The van der Waals surface area contributed by atoms with Crippen LogP contribution in [-0.4, -0.2) is 5.11 Å². The lowest BCUT2D eigenvalue weighted by molar-refractivity contribution is 1.65. The molecule has 0 spiro atoms. The van der Waals surface area contributed by atoms with Gasteiger partial charge in [0.15, 0.2) is 7.94 Å². The van der Waals surface area contributed by atoms with Gasteiger partial charge in [-0.3, -0.25) is 0 Å². The summed E-state index contributed by atoms with van der Waals surface area (Å²) in [7, 11) is 0. The molecule has 24 valence electrons. The fraction of sp³-hybridized carbons (Fsp3) is 0. The van der Waals surface area contributed by atoms with Crippen molar-refractivity contribution in [3.63, 3.8) is 0 Å². The maximum atomic E-state index is 6.27. The summed E-state index contributed by atoms with van der Waals surface area (Å²) in [6.07, 6.45) is 0. The molecular weight excluding hydrogens is 72.1 g/mol. The van der Waals surface area contributed by atoms with Crippen LogP contribution in [-0.2, 0) is 0 Å².